The van der Waals surface area contributed by atoms with Gasteiger partial charge in [-0.05, 0) is 62.1 Å². The molecule has 2 aromatic heterocycles. The van der Waals surface area contributed by atoms with Gasteiger partial charge in [0.2, 0.25) is 0 Å². The number of aryl methyl sites for hydroxylation is 4. The Labute approximate surface area is 159 Å². The van der Waals surface area contributed by atoms with Gasteiger partial charge in [0.05, 0.1) is 0 Å². The molecule has 0 fully saturated rings. The molecular weight excluding hydrogens is 334 g/mol. The molecule has 0 unspecified atom stereocenters. The van der Waals surface area contributed by atoms with Crippen LogP contribution < -0.4 is 5.32 Å². The van der Waals surface area contributed by atoms with Crippen molar-refractivity contribution in [2.24, 2.45) is 9.98 Å². The van der Waals surface area contributed by atoms with Gasteiger partial charge in [0.15, 0.2) is 11.6 Å². The molecule has 27 heavy (non-hydrogen) atoms. The first-order valence-electron chi connectivity index (χ1n) is 8.93. The Morgan fingerprint density at radius 2 is 1.07 bits per heavy atom. The second-order valence-corrected chi connectivity index (χ2v) is 6.78. The highest BCUT2D eigenvalue weighted by molar-refractivity contribution is 6.27. The molecule has 5 heteroatoms. The van der Waals surface area contributed by atoms with Crippen LogP contribution in [-0.4, -0.2) is 21.6 Å². The molecule has 0 saturated heterocycles. The van der Waals surface area contributed by atoms with Crippen molar-refractivity contribution in [3.05, 3.63) is 82.2 Å². The highest BCUT2D eigenvalue weighted by atomic mass is 15.1. The fraction of sp³-hybridized carbons (Fsp3) is 0.182. The van der Waals surface area contributed by atoms with Crippen LogP contribution in [0.1, 0.15) is 33.4 Å². The monoisotopic (exact) mass is 355 g/mol. The van der Waals surface area contributed by atoms with Crippen LogP contribution in [0.15, 0.2) is 58.8 Å². The molecule has 0 amide bonds. The Balaban J connectivity index is 1.91. The Bertz CT molecular complexity index is 1010. The molecule has 4 rings (SSSR count). The molecular formula is C22H21N5. The number of rotatable bonds is 2. The van der Waals surface area contributed by atoms with E-state index in [2.05, 4.69) is 41.3 Å². The van der Waals surface area contributed by atoms with E-state index in [0.29, 0.717) is 11.6 Å². The lowest BCUT2D eigenvalue weighted by Crippen LogP contribution is -2.22. The normalized spacial score (nSPS) is 15.9. The summed E-state index contributed by atoms with van der Waals surface area (Å²) in [6.07, 6.45) is 3.52. The maximum atomic E-state index is 4.81. The summed E-state index contributed by atoms with van der Waals surface area (Å²) in [7, 11) is 0. The Kier molecular flexibility index (Phi) is 4.28. The molecule has 0 radical (unpaired) electrons. The molecule has 0 atom stereocenters. The molecule has 3 heterocycles. The number of hydrogen-bond donors (Lipinski definition) is 1. The first-order valence-corrected chi connectivity index (χ1v) is 8.93. The quantitative estimate of drug-likeness (QED) is 0.738. The van der Waals surface area contributed by atoms with Crippen LogP contribution in [0, 0.1) is 27.7 Å². The van der Waals surface area contributed by atoms with Gasteiger partial charge in [0, 0.05) is 23.5 Å². The topological polar surface area (TPSA) is 62.5 Å². The molecule has 5 nitrogen and oxygen atoms in total. The first-order chi connectivity index (χ1) is 13.0. The minimum atomic E-state index is 0.710. The van der Waals surface area contributed by atoms with Crippen LogP contribution in [0.25, 0.3) is 0 Å². The summed E-state index contributed by atoms with van der Waals surface area (Å²) in [6.45, 7) is 8.21. The summed E-state index contributed by atoms with van der Waals surface area (Å²) in [5.41, 5.74) is 6.52. The Hall–Kier alpha value is -3.34. The lowest BCUT2D eigenvalue weighted by Gasteiger charge is -2.06. The predicted octanol–water partition coefficient (Wildman–Crippen LogP) is 4.47. The lowest BCUT2D eigenvalue weighted by atomic mass is 9.98. The summed E-state index contributed by atoms with van der Waals surface area (Å²) in [6, 6.07) is 12.1. The van der Waals surface area contributed by atoms with Gasteiger partial charge in [-0.25, -0.2) is 20.0 Å². The van der Waals surface area contributed by atoms with Crippen LogP contribution in [0.5, 0.6) is 0 Å². The third-order valence-corrected chi connectivity index (χ3v) is 4.73. The van der Waals surface area contributed by atoms with E-state index >= 15 is 0 Å². The fourth-order valence-electron chi connectivity index (χ4n) is 3.23. The average Bonchev–Trinajstić information content (AvgIpc) is 3.01. The van der Waals surface area contributed by atoms with Crippen LogP contribution in [-0.2, 0) is 0 Å². The van der Waals surface area contributed by atoms with Gasteiger partial charge in [-0.2, -0.15) is 0 Å². The van der Waals surface area contributed by atoms with Crippen molar-refractivity contribution in [3.8, 4) is 0 Å². The number of nitrogens with zero attached hydrogens (tertiary/aromatic N) is 4. The fourth-order valence-corrected chi connectivity index (χ4v) is 3.23. The summed E-state index contributed by atoms with van der Waals surface area (Å²) < 4.78 is 0. The molecule has 1 N–H and O–H groups in total. The van der Waals surface area contributed by atoms with E-state index in [4.69, 9.17) is 9.98 Å². The number of fused-ring (bicyclic) bond motifs is 1. The smallest absolute Gasteiger partial charge is 0.157 e. The Morgan fingerprint density at radius 3 is 1.48 bits per heavy atom. The minimum absolute atomic E-state index is 0.710. The standard InChI is InChI=1S/C22H21N5/c1-13-9-10-14(2)18-17(13)21(25-19-15(3)7-5-11-23-19)27-22(18)26-20-16(4)8-6-12-24-20/h5-12H,1-4H3,(H,23,24,25,26,27). The molecule has 1 aliphatic rings. The molecule has 0 bridgehead atoms. The van der Waals surface area contributed by atoms with E-state index in [1.54, 1.807) is 12.4 Å². The first kappa shape index (κ1) is 17.1. The number of nitrogens with one attached hydrogen (secondary N) is 1. The van der Waals surface area contributed by atoms with E-state index in [9.17, 15) is 0 Å². The van der Waals surface area contributed by atoms with Gasteiger partial charge in [-0.15, -0.1) is 0 Å². The van der Waals surface area contributed by atoms with E-state index in [-0.39, 0.29) is 0 Å². The maximum absolute atomic E-state index is 4.81. The second kappa shape index (κ2) is 6.76. The average molecular weight is 355 g/mol. The number of aliphatic imine (C=N–C) groups is 2. The van der Waals surface area contributed by atoms with Crippen molar-refractivity contribution in [1.29, 1.82) is 0 Å². The zero-order valence-electron chi connectivity index (χ0n) is 15.9. The maximum Gasteiger partial charge on any atom is 0.157 e. The molecule has 0 spiro atoms. The van der Waals surface area contributed by atoms with Gasteiger partial charge in [-0.3, -0.25) is 0 Å². The SMILES string of the molecule is Cc1cccnc1N=C1NC(=Nc2ncccc2C)c2c(C)ccc(C)c21. The summed E-state index contributed by atoms with van der Waals surface area (Å²) >= 11 is 0. The van der Waals surface area contributed by atoms with Gasteiger partial charge in [0.1, 0.15) is 11.7 Å². The van der Waals surface area contributed by atoms with E-state index in [1.165, 1.54) is 0 Å². The van der Waals surface area contributed by atoms with Crippen LogP contribution in [0.2, 0.25) is 0 Å². The second-order valence-electron chi connectivity index (χ2n) is 6.78. The zero-order chi connectivity index (χ0) is 19.0. The van der Waals surface area contributed by atoms with Gasteiger partial charge >= 0.3 is 0 Å². The largest absolute Gasteiger partial charge is 0.324 e. The van der Waals surface area contributed by atoms with Crippen LogP contribution in [0.3, 0.4) is 0 Å². The van der Waals surface area contributed by atoms with Gasteiger partial charge in [0.25, 0.3) is 0 Å². The van der Waals surface area contributed by atoms with Crippen LogP contribution >= 0.6 is 0 Å². The summed E-state index contributed by atoms with van der Waals surface area (Å²) in [4.78, 5) is 18.4. The van der Waals surface area contributed by atoms with Gasteiger partial charge < -0.3 is 5.32 Å². The third-order valence-electron chi connectivity index (χ3n) is 4.73. The molecule has 1 aliphatic heterocycles. The summed E-state index contributed by atoms with van der Waals surface area (Å²) in [5.74, 6) is 2.98. The van der Waals surface area contributed by atoms with Crippen molar-refractivity contribution in [2.45, 2.75) is 27.7 Å². The van der Waals surface area contributed by atoms with Crippen molar-refractivity contribution >= 4 is 23.3 Å². The zero-order valence-corrected chi connectivity index (χ0v) is 15.9. The minimum Gasteiger partial charge on any atom is -0.324 e. The molecule has 1 aromatic carbocycles. The van der Waals surface area contributed by atoms with Crippen molar-refractivity contribution in [1.82, 2.24) is 15.3 Å². The Morgan fingerprint density at radius 1 is 0.630 bits per heavy atom. The highest BCUT2D eigenvalue weighted by Crippen LogP contribution is 2.28. The van der Waals surface area contributed by atoms with E-state index in [1.807, 2.05) is 38.1 Å². The number of hydrogen-bond acceptors (Lipinski definition) is 4. The van der Waals surface area contributed by atoms with Crippen LogP contribution in [0.4, 0.5) is 11.6 Å². The molecule has 3 aromatic rings. The molecule has 134 valence electrons. The third kappa shape index (κ3) is 3.12. The number of benzene rings is 1. The molecule has 0 saturated carbocycles. The van der Waals surface area contributed by atoms with Crippen molar-refractivity contribution in [2.75, 3.05) is 0 Å². The summed E-state index contributed by atoms with van der Waals surface area (Å²) in [5, 5.41) is 3.41. The number of aromatic nitrogens is 2. The highest BCUT2D eigenvalue weighted by Gasteiger charge is 2.27. The number of pyridine rings is 2. The van der Waals surface area contributed by atoms with E-state index in [0.717, 1.165) is 45.1 Å². The lowest BCUT2D eigenvalue weighted by molar-refractivity contribution is 1.19. The number of amidine groups is 2. The van der Waals surface area contributed by atoms with Crippen molar-refractivity contribution in [3.63, 3.8) is 0 Å². The van der Waals surface area contributed by atoms with E-state index < -0.39 is 0 Å². The molecule has 0 aliphatic carbocycles. The predicted molar refractivity (Wildman–Crippen MR) is 109 cm³/mol. The van der Waals surface area contributed by atoms with Gasteiger partial charge in [-0.1, -0.05) is 24.3 Å². The van der Waals surface area contributed by atoms with Crippen molar-refractivity contribution < 1.29 is 0 Å².